The van der Waals surface area contributed by atoms with Gasteiger partial charge in [0.15, 0.2) is 0 Å². The molecular formula is C19H29N3O4. The Morgan fingerprint density at radius 1 is 1.23 bits per heavy atom. The van der Waals surface area contributed by atoms with Crippen LogP contribution in [0.3, 0.4) is 0 Å². The Hall–Kier alpha value is -2.12. The number of amides is 2. The molecule has 144 valence electrons. The highest BCUT2D eigenvalue weighted by molar-refractivity contribution is 5.95. The number of piperidine rings is 1. The lowest BCUT2D eigenvalue weighted by molar-refractivity contribution is -0.000604. The highest BCUT2D eigenvalue weighted by Crippen LogP contribution is 2.21. The minimum Gasteiger partial charge on any atom is -0.444 e. The summed E-state index contributed by atoms with van der Waals surface area (Å²) in [6, 6.07) is 7.26. The zero-order chi connectivity index (χ0) is 19.3. The van der Waals surface area contributed by atoms with Crippen LogP contribution in [0.5, 0.6) is 0 Å². The van der Waals surface area contributed by atoms with E-state index in [1.165, 1.54) is 0 Å². The van der Waals surface area contributed by atoms with Crippen LogP contribution in [-0.4, -0.2) is 46.9 Å². The van der Waals surface area contributed by atoms with Gasteiger partial charge < -0.3 is 14.7 Å². The molecule has 1 aromatic carbocycles. The first-order chi connectivity index (χ1) is 12.2. The fourth-order valence-corrected chi connectivity index (χ4v) is 2.88. The maximum Gasteiger partial charge on any atom is 0.410 e. The average molecular weight is 363 g/mol. The van der Waals surface area contributed by atoms with Gasteiger partial charge in [-0.2, -0.15) is 0 Å². The van der Waals surface area contributed by atoms with Crippen molar-refractivity contribution in [3.05, 3.63) is 35.4 Å². The number of likely N-dealkylation sites (tertiary alicyclic amines) is 1. The maximum atomic E-state index is 12.2. The van der Waals surface area contributed by atoms with Crippen molar-refractivity contribution in [1.82, 2.24) is 15.8 Å². The Morgan fingerprint density at radius 2 is 1.85 bits per heavy atom. The third kappa shape index (κ3) is 5.71. The molecule has 2 rings (SSSR count). The van der Waals surface area contributed by atoms with E-state index in [0.717, 1.165) is 5.56 Å². The zero-order valence-corrected chi connectivity index (χ0v) is 15.9. The number of aryl methyl sites for hydroxylation is 1. The van der Waals surface area contributed by atoms with Gasteiger partial charge in [0.1, 0.15) is 11.8 Å². The smallest absolute Gasteiger partial charge is 0.410 e. The predicted molar refractivity (Wildman–Crippen MR) is 98.3 cm³/mol. The summed E-state index contributed by atoms with van der Waals surface area (Å²) in [5.41, 5.74) is 6.15. The van der Waals surface area contributed by atoms with Crippen molar-refractivity contribution < 1.29 is 19.4 Å². The van der Waals surface area contributed by atoms with Gasteiger partial charge in [0, 0.05) is 24.6 Å². The molecule has 1 heterocycles. The summed E-state index contributed by atoms with van der Waals surface area (Å²) in [5.74, 6) is -0.334. The van der Waals surface area contributed by atoms with Gasteiger partial charge in [0.05, 0.1) is 0 Å². The van der Waals surface area contributed by atoms with E-state index in [0.29, 0.717) is 31.5 Å². The van der Waals surface area contributed by atoms with E-state index in [1.54, 1.807) is 17.0 Å². The number of aliphatic hydroxyl groups excluding tert-OH is 1. The van der Waals surface area contributed by atoms with E-state index in [4.69, 9.17) is 4.74 Å². The number of hydrogen-bond acceptors (Lipinski definition) is 5. The number of nitrogens with one attached hydrogen (secondary N) is 2. The number of carbonyl (C=O) groups is 2. The summed E-state index contributed by atoms with van der Waals surface area (Å²) in [6.45, 7) is 8.40. The van der Waals surface area contributed by atoms with Crippen molar-refractivity contribution in [2.45, 2.75) is 52.4 Å². The number of ether oxygens (including phenoxy) is 1. The van der Waals surface area contributed by atoms with Crippen molar-refractivity contribution in [3.63, 3.8) is 0 Å². The highest BCUT2D eigenvalue weighted by Gasteiger charge is 2.30. The maximum absolute atomic E-state index is 12.2. The Balaban J connectivity index is 1.78. The molecule has 0 aliphatic carbocycles. The normalized spacial score (nSPS) is 16.9. The standard InChI is InChI=1S/C19H29N3O4/c1-13-7-5-6-8-15(13)17(24)21-20-16(23)14-9-11-22(12-10-14)18(25)26-19(2,3)4/h5-8,14,16,20,23H,9-12H2,1-4H3,(H,21,24). The first-order valence-corrected chi connectivity index (χ1v) is 8.95. The van der Waals surface area contributed by atoms with Crippen molar-refractivity contribution in [2.75, 3.05) is 13.1 Å². The fraction of sp³-hybridized carbons (Fsp3) is 0.579. The SMILES string of the molecule is Cc1ccccc1C(=O)NNC(O)C1CCN(C(=O)OC(C)(C)C)CC1. The largest absolute Gasteiger partial charge is 0.444 e. The third-order valence-corrected chi connectivity index (χ3v) is 4.36. The van der Waals surface area contributed by atoms with Crippen LogP contribution in [-0.2, 0) is 4.74 Å². The fourth-order valence-electron chi connectivity index (χ4n) is 2.88. The van der Waals surface area contributed by atoms with E-state index in [1.807, 2.05) is 39.8 Å². The minimum absolute atomic E-state index is 0.0501. The zero-order valence-electron chi connectivity index (χ0n) is 15.9. The van der Waals surface area contributed by atoms with Crippen LogP contribution >= 0.6 is 0 Å². The number of rotatable bonds is 4. The summed E-state index contributed by atoms with van der Waals surface area (Å²) in [4.78, 5) is 25.9. The molecule has 0 aromatic heterocycles. The van der Waals surface area contributed by atoms with Gasteiger partial charge in [0.2, 0.25) is 0 Å². The number of nitrogens with zero attached hydrogens (tertiary/aromatic N) is 1. The van der Waals surface area contributed by atoms with Gasteiger partial charge in [0.25, 0.3) is 5.91 Å². The second kappa shape index (κ2) is 8.51. The lowest BCUT2D eigenvalue weighted by atomic mass is 9.95. The summed E-state index contributed by atoms with van der Waals surface area (Å²) >= 11 is 0. The molecule has 0 spiro atoms. The van der Waals surface area contributed by atoms with Crippen LogP contribution in [0.2, 0.25) is 0 Å². The van der Waals surface area contributed by atoms with Crippen LogP contribution in [0, 0.1) is 12.8 Å². The van der Waals surface area contributed by atoms with Crippen molar-refractivity contribution in [1.29, 1.82) is 0 Å². The molecule has 1 aliphatic rings. The molecule has 7 heteroatoms. The molecule has 0 bridgehead atoms. The van der Waals surface area contributed by atoms with E-state index in [9.17, 15) is 14.7 Å². The molecule has 3 N–H and O–H groups in total. The van der Waals surface area contributed by atoms with Gasteiger partial charge in [-0.1, -0.05) is 18.2 Å². The third-order valence-electron chi connectivity index (χ3n) is 4.36. The molecule has 0 saturated carbocycles. The second-order valence-corrected chi connectivity index (χ2v) is 7.66. The van der Waals surface area contributed by atoms with Crippen LogP contribution in [0.4, 0.5) is 4.79 Å². The number of hydrogen-bond donors (Lipinski definition) is 3. The van der Waals surface area contributed by atoms with Gasteiger partial charge in [-0.25, -0.2) is 10.2 Å². The monoisotopic (exact) mass is 363 g/mol. The number of benzene rings is 1. The highest BCUT2D eigenvalue weighted by atomic mass is 16.6. The van der Waals surface area contributed by atoms with Crippen molar-refractivity contribution in [3.8, 4) is 0 Å². The van der Waals surface area contributed by atoms with E-state index < -0.39 is 11.8 Å². The Labute approximate surface area is 154 Å². The molecule has 1 aromatic rings. The number of carbonyl (C=O) groups excluding carboxylic acids is 2. The molecule has 1 aliphatic heterocycles. The molecule has 1 fully saturated rings. The van der Waals surface area contributed by atoms with Crippen LogP contribution in [0.15, 0.2) is 24.3 Å². The topological polar surface area (TPSA) is 90.9 Å². The van der Waals surface area contributed by atoms with Gasteiger partial charge in [-0.05, 0) is 52.2 Å². The summed E-state index contributed by atoms with van der Waals surface area (Å²) < 4.78 is 5.36. The first kappa shape index (κ1) is 20.2. The molecule has 2 amide bonds. The average Bonchev–Trinajstić information content (AvgIpc) is 2.58. The lowest BCUT2D eigenvalue weighted by Gasteiger charge is -2.35. The van der Waals surface area contributed by atoms with E-state index in [-0.39, 0.29) is 17.9 Å². The van der Waals surface area contributed by atoms with Gasteiger partial charge in [-0.15, -0.1) is 0 Å². The van der Waals surface area contributed by atoms with Crippen LogP contribution in [0.25, 0.3) is 0 Å². The quantitative estimate of drug-likeness (QED) is 0.563. The second-order valence-electron chi connectivity index (χ2n) is 7.66. The van der Waals surface area contributed by atoms with Crippen molar-refractivity contribution >= 4 is 12.0 Å². The molecule has 7 nitrogen and oxygen atoms in total. The molecule has 26 heavy (non-hydrogen) atoms. The number of aliphatic hydroxyl groups is 1. The molecular weight excluding hydrogens is 334 g/mol. The van der Waals surface area contributed by atoms with Crippen LogP contribution < -0.4 is 10.9 Å². The Bertz CT molecular complexity index is 634. The Kier molecular flexibility index (Phi) is 6.61. The molecule has 0 radical (unpaired) electrons. The van der Waals surface area contributed by atoms with E-state index in [2.05, 4.69) is 10.9 Å². The summed E-state index contributed by atoms with van der Waals surface area (Å²) in [6.07, 6.45) is 0.0661. The van der Waals surface area contributed by atoms with E-state index >= 15 is 0 Å². The van der Waals surface area contributed by atoms with Crippen LogP contribution in [0.1, 0.15) is 49.5 Å². The molecule has 1 saturated heterocycles. The molecule has 1 unspecified atom stereocenters. The Morgan fingerprint density at radius 3 is 2.42 bits per heavy atom. The van der Waals surface area contributed by atoms with Gasteiger partial charge in [-0.3, -0.25) is 10.2 Å². The number of hydrazine groups is 1. The minimum atomic E-state index is -0.872. The van der Waals surface area contributed by atoms with Gasteiger partial charge >= 0.3 is 6.09 Å². The lowest BCUT2D eigenvalue weighted by Crippen LogP contribution is -2.51. The van der Waals surface area contributed by atoms with Crippen molar-refractivity contribution in [2.24, 2.45) is 5.92 Å². The molecule has 1 atom stereocenters. The summed E-state index contributed by atoms with van der Waals surface area (Å²) in [7, 11) is 0. The summed E-state index contributed by atoms with van der Waals surface area (Å²) in [5, 5.41) is 10.3. The predicted octanol–water partition coefficient (Wildman–Crippen LogP) is 2.19. The first-order valence-electron chi connectivity index (χ1n) is 8.95.